The lowest BCUT2D eigenvalue weighted by Crippen LogP contribution is -2.16. The number of nitrogens with two attached hydrogens (primary N) is 2. The van der Waals surface area contributed by atoms with Crippen LogP contribution in [0.3, 0.4) is 0 Å². The number of esters is 1. The van der Waals surface area contributed by atoms with Crippen molar-refractivity contribution in [3.8, 4) is 5.75 Å². The van der Waals surface area contributed by atoms with Crippen LogP contribution in [-0.2, 0) is 21.6 Å². The zero-order valence-corrected chi connectivity index (χ0v) is 13.9. The topological polar surface area (TPSA) is 126 Å². The first-order valence-electron chi connectivity index (χ1n) is 7.39. The SMILES string of the molecule is CC(C)(C)c1ccc(OCC(=O)OCc2nc(N)nc(N)n2)cc1. The van der Waals surface area contributed by atoms with Gasteiger partial charge in [-0.2, -0.15) is 15.0 Å². The fourth-order valence-corrected chi connectivity index (χ4v) is 1.90. The zero-order valence-electron chi connectivity index (χ0n) is 13.9. The van der Waals surface area contributed by atoms with E-state index < -0.39 is 5.97 Å². The van der Waals surface area contributed by atoms with Crippen molar-refractivity contribution in [2.45, 2.75) is 32.8 Å². The van der Waals surface area contributed by atoms with Gasteiger partial charge in [-0.1, -0.05) is 32.9 Å². The van der Waals surface area contributed by atoms with E-state index in [0.717, 1.165) is 0 Å². The largest absolute Gasteiger partial charge is 0.482 e. The molecule has 0 radical (unpaired) electrons. The normalized spacial score (nSPS) is 11.1. The lowest BCUT2D eigenvalue weighted by atomic mass is 9.87. The van der Waals surface area contributed by atoms with Crippen LogP contribution >= 0.6 is 0 Å². The molecule has 0 saturated heterocycles. The van der Waals surface area contributed by atoms with Gasteiger partial charge in [-0.05, 0) is 23.1 Å². The van der Waals surface area contributed by atoms with Crippen LogP contribution in [0.2, 0.25) is 0 Å². The number of ether oxygens (including phenoxy) is 2. The molecule has 0 unspecified atom stereocenters. The lowest BCUT2D eigenvalue weighted by molar-refractivity contribution is -0.147. The highest BCUT2D eigenvalue weighted by Crippen LogP contribution is 2.24. The number of aromatic nitrogens is 3. The molecule has 0 bridgehead atoms. The molecule has 0 aliphatic heterocycles. The summed E-state index contributed by atoms with van der Waals surface area (Å²) < 4.78 is 10.4. The molecule has 128 valence electrons. The number of benzene rings is 1. The van der Waals surface area contributed by atoms with Crippen molar-refractivity contribution in [3.05, 3.63) is 35.7 Å². The monoisotopic (exact) mass is 331 g/mol. The Balaban J connectivity index is 1.82. The van der Waals surface area contributed by atoms with Gasteiger partial charge < -0.3 is 20.9 Å². The van der Waals surface area contributed by atoms with Crippen LogP contribution in [0.15, 0.2) is 24.3 Å². The summed E-state index contributed by atoms with van der Waals surface area (Å²) in [5.41, 5.74) is 12.1. The van der Waals surface area contributed by atoms with Gasteiger partial charge in [0.2, 0.25) is 11.9 Å². The zero-order chi connectivity index (χ0) is 17.7. The van der Waals surface area contributed by atoms with E-state index in [0.29, 0.717) is 5.75 Å². The van der Waals surface area contributed by atoms with Gasteiger partial charge in [-0.25, -0.2) is 4.79 Å². The molecular formula is C16H21N5O3. The summed E-state index contributed by atoms with van der Waals surface area (Å²) in [4.78, 5) is 23.0. The van der Waals surface area contributed by atoms with Crippen molar-refractivity contribution < 1.29 is 14.3 Å². The molecular weight excluding hydrogens is 310 g/mol. The van der Waals surface area contributed by atoms with Gasteiger partial charge >= 0.3 is 5.97 Å². The van der Waals surface area contributed by atoms with Crippen LogP contribution in [0.1, 0.15) is 32.2 Å². The Hall–Kier alpha value is -2.90. The maximum Gasteiger partial charge on any atom is 0.344 e. The summed E-state index contributed by atoms with van der Waals surface area (Å²) in [6.45, 7) is 6.01. The van der Waals surface area contributed by atoms with Crippen molar-refractivity contribution in [1.82, 2.24) is 15.0 Å². The van der Waals surface area contributed by atoms with Gasteiger partial charge in [0.05, 0.1) is 0 Å². The standard InChI is InChI=1S/C16H21N5O3/c1-16(2,3)10-4-6-11(7-5-10)23-9-13(22)24-8-12-19-14(17)21-15(18)20-12/h4-7H,8-9H2,1-3H3,(H4,17,18,19,20,21). The van der Waals surface area contributed by atoms with Gasteiger partial charge in [0.1, 0.15) is 5.75 Å². The third kappa shape index (κ3) is 5.08. The van der Waals surface area contributed by atoms with Crippen molar-refractivity contribution >= 4 is 17.9 Å². The van der Waals surface area contributed by atoms with Crippen LogP contribution in [-0.4, -0.2) is 27.5 Å². The second-order valence-corrected chi connectivity index (χ2v) is 6.19. The molecule has 8 heteroatoms. The Morgan fingerprint density at radius 1 is 1.04 bits per heavy atom. The van der Waals surface area contributed by atoms with E-state index in [-0.39, 0.29) is 36.3 Å². The molecule has 4 N–H and O–H groups in total. The average Bonchev–Trinajstić information content (AvgIpc) is 2.49. The summed E-state index contributed by atoms with van der Waals surface area (Å²) >= 11 is 0. The number of nitrogen functional groups attached to an aromatic ring is 2. The Bertz CT molecular complexity index is 690. The van der Waals surface area contributed by atoms with E-state index in [2.05, 4.69) is 35.7 Å². The van der Waals surface area contributed by atoms with Gasteiger partial charge in [0.25, 0.3) is 0 Å². The Labute approximate surface area is 140 Å². The maximum absolute atomic E-state index is 11.7. The van der Waals surface area contributed by atoms with Gasteiger partial charge in [-0.15, -0.1) is 0 Å². The van der Waals surface area contributed by atoms with Crippen molar-refractivity contribution in [3.63, 3.8) is 0 Å². The van der Waals surface area contributed by atoms with E-state index >= 15 is 0 Å². The molecule has 1 aromatic heterocycles. The molecule has 2 aromatic rings. The number of hydrogen-bond donors (Lipinski definition) is 2. The van der Waals surface area contributed by atoms with Gasteiger partial charge in [0, 0.05) is 0 Å². The predicted molar refractivity (Wildman–Crippen MR) is 89.1 cm³/mol. The summed E-state index contributed by atoms with van der Waals surface area (Å²) in [5, 5.41) is 0. The smallest absolute Gasteiger partial charge is 0.344 e. The average molecular weight is 331 g/mol. The van der Waals surface area contributed by atoms with Crippen molar-refractivity contribution in [2.75, 3.05) is 18.1 Å². The number of carbonyl (C=O) groups excluding carboxylic acids is 1. The third-order valence-corrected chi connectivity index (χ3v) is 3.16. The summed E-state index contributed by atoms with van der Waals surface area (Å²) in [5.74, 6) is 0.177. The number of carbonyl (C=O) groups is 1. The highest BCUT2D eigenvalue weighted by molar-refractivity contribution is 5.71. The summed E-state index contributed by atoms with van der Waals surface area (Å²) in [7, 11) is 0. The quantitative estimate of drug-likeness (QED) is 0.788. The Morgan fingerprint density at radius 2 is 1.62 bits per heavy atom. The fraction of sp³-hybridized carbons (Fsp3) is 0.375. The molecule has 2 rings (SSSR count). The summed E-state index contributed by atoms with van der Waals surface area (Å²) in [6.07, 6.45) is 0. The van der Waals surface area contributed by atoms with Crippen LogP contribution in [0, 0.1) is 0 Å². The third-order valence-electron chi connectivity index (χ3n) is 3.16. The fourth-order valence-electron chi connectivity index (χ4n) is 1.90. The molecule has 24 heavy (non-hydrogen) atoms. The molecule has 1 aromatic carbocycles. The number of nitrogens with zero attached hydrogens (tertiary/aromatic N) is 3. The molecule has 0 atom stereocenters. The number of anilines is 2. The number of rotatable bonds is 5. The van der Waals surface area contributed by atoms with E-state index in [1.165, 1.54) is 5.56 Å². The Morgan fingerprint density at radius 3 is 2.17 bits per heavy atom. The minimum atomic E-state index is -0.549. The minimum Gasteiger partial charge on any atom is -0.482 e. The highest BCUT2D eigenvalue weighted by Gasteiger charge is 2.13. The predicted octanol–water partition coefficient (Wildman–Crippen LogP) is 1.46. The van der Waals surface area contributed by atoms with Crippen LogP contribution in [0.25, 0.3) is 0 Å². The highest BCUT2D eigenvalue weighted by atomic mass is 16.6. The lowest BCUT2D eigenvalue weighted by Gasteiger charge is -2.19. The second kappa shape index (κ2) is 7.12. The van der Waals surface area contributed by atoms with Crippen LogP contribution in [0.4, 0.5) is 11.9 Å². The first-order chi connectivity index (χ1) is 11.2. The second-order valence-electron chi connectivity index (χ2n) is 6.19. The van der Waals surface area contributed by atoms with Crippen LogP contribution < -0.4 is 16.2 Å². The van der Waals surface area contributed by atoms with Gasteiger partial charge in [-0.3, -0.25) is 0 Å². The molecule has 0 fully saturated rings. The minimum absolute atomic E-state index is 0.0243. The first kappa shape index (κ1) is 17.5. The van der Waals surface area contributed by atoms with Crippen LogP contribution in [0.5, 0.6) is 5.75 Å². The summed E-state index contributed by atoms with van der Waals surface area (Å²) in [6, 6.07) is 7.58. The van der Waals surface area contributed by atoms with Crippen molar-refractivity contribution in [2.24, 2.45) is 0 Å². The first-order valence-corrected chi connectivity index (χ1v) is 7.39. The van der Waals surface area contributed by atoms with Gasteiger partial charge in [0.15, 0.2) is 19.0 Å². The maximum atomic E-state index is 11.7. The molecule has 0 amide bonds. The molecule has 0 spiro atoms. The molecule has 8 nitrogen and oxygen atoms in total. The molecule has 0 aliphatic rings. The molecule has 1 heterocycles. The van der Waals surface area contributed by atoms with E-state index in [1.807, 2.05) is 24.3 Å². The Kier molecular flexibility index (Phi) is 5.18. The molecule has 0 saturated carbocycles. The van der Waals surface area contributed by atoms with E-state index in [1.54, 1.807) is 0 Å². The van der Waals surface area contributed by atoms with E-state index in [9.17, 15) is 4.79 Å². The van der Waals surface area contributed by atoms with E-state index in [4.69, 9.17) is 20.9 Å². The molecule has 0 aliphatic carbocycles. The number of hydrogen-bond acceptors (Lipinski definition) is 8. The van der Waals surface area contributed by atoms with Crippen molar-refractivity contribution in [1.29, 1.82) is 0 Å².